The van der Waals surface area contributed by atoms with Gasteiger partial charge in [0.2, 0.25) is 0 Å². The molecule has 19 heavy (non-hydrogen) atoms. The molecule has 0 aliphatic heterocycles. The maximum Gasteiger partial charge on any atom is 0.127 e. The molecule has 1 heterocycles. The van der Waals surface area contributed by atoms with E-state index in [0.717, 1.165) is 31.5 Å². The zero-order chi connectivity index (χ0) is 13.5. The number of imidazole rings is 1. The van der Waals surface area contributed by atoms with E-state index in [0.29, 0.717) is 0 Å². The molecule has 1 atom stereocenters. The molecule has 0 fully saturated rings. The van der Waals surface area contributed by atoms with Crippen molar-refractivity contribution in [2.24, 2.45) is 0 Å². The van der Waals surface area contributed by atoms with Crippen LogP contribution in [0.1, 0.15) is 31.4 Å². The van der Waals surface area contributed by atoms with Gasteiger partial charge in [-0.3, -0.25) is 0 Å². The van der Waals surface area contributed by atoms with Crippen molar-refractivity contribution in [2.75, 3.05) is 6.54 Å². The predicted molar refractivity (Wildman–Crippen MR) is 74.3 cm³/mol. The highest BCUT2D eigenvalue weighted by atomic mass is 19.1. The van der Waals surface area contributed by atoms with Crippen LogP contribution in [-0.4, -0.2) is 16.1 Å². The molecule has 0 spiro atoms. The van der Waals surface area contributed by atoms with Crippen LogP contribution >= 0.6 is 0 Å². The second-order valence-corrected chi connectivity index (χ2v) is 4.59. The molecule has 102 valence electrons. The minimum absolute atomic E-state index is 0.0870. The van der Waals surface area contributed by atoms with E-state index in [4.69, 9.17) is 0 Å². The first kappa shape index (κ1) is 13.7. The van der Waals surface area contributed by atoms with Crippen molar-refractivity contribution in [1.29, 1.82) is 0 Å². The normalized spacial score (nSPS) is 12.5. The summed E-state index contributed by atoms with van der Waals surface area (Å²) in [5.74, 6) is -0.128. The van der Waals surface area contributed by atoms with Gasteiger partial charge in [0.15, 0.2) is 0 Å². The molecule has 3 nitrogen and oxygen atoms in total. The average molecular weight is 261 g/mol. The van der Waals surface area contributed by atoms with Crippen molar-refractivity contribution >= 4 is 0 Å². The quantitative estimate of drug-likeness (QED) is 0.776. The highest BCUT2D eigenvalue weighted by Gasteiger charge is 2.12. The van der Waals surface area contributed by atoms with Gasteiger partial charge in [0, 0.05) is 30.5 Å². The van der Waals surface area contributed by atoms with Crippen LogP contribution in [0.2, 0.25) is 0 Å². The fourth-order valence-electron chi connectivity index (χ4n) is 2.19. The van der Waals surface area contributed by atoms with E-state index in [9.17, 15) is 4.39 Å². The summed E-state index contributed by atoms with van der Waals surface area (Å²) in [7, 11) is 0. The number of nitrogens with one attached hydrogen (secondary N) is 1. The number of nitrogens with zero attached hydrogens (tertiary/aromatic N) is 2. The molecule has 1 aromatic carbocycles. The maximum atomic E-state index is 13.7. The molecule has 0 amide bonds. The fourth-order valence-corrected chi connectivity index (χ4v) is 2.19. The van der Waals surface area contributed by atoms with Crippen LogP contribution in [0.4, 0.5) is 4.39 Å². The molecule has 2 aromatic rings. The van der Waals surface area contributed by atoms with Gasteiger partial charge in [-0.1, -0.05) is 25.1 Å². The number of hydrogen-bond acceptors (Lipinski definition) is 2. The van der Waals surface area contributed by atoms with E-state index in [1.165, 1.54) is 6.07 Å². The van der Waals surface area contributed by atoms with Gasteiger partial charge >= 0.3 is 0 Å². The summed E-state index contributed by atoms with van der Waals surface area (Å²) in [6.45, 7) is 3.87. The molecule has 1 unspecified atom stereocenters. The minimum atomic E-state index is -0.128. The number of hydrogen-bond donors (Lipinski definition) is 1. The third-order valence-corrected chi connectivity index (χ3v) is 3.23. The Morgan fingerprint density at radius 3 is 2.89 bits per heavy atom. The van der Waals surface area contributed by atoms with Crippen LogP contribution in [0.25, 0.3) is 0 Å². The molecule has 0 radical (unpaired) electrons. The Morgan fingerprint density at radius 2 is 2.21 bits per heavy atom. The highest BCUT2D eigenvalue weighted by Crippen LogP contribution is 2.19. The molecule has 1 N–H and O–H groups in total. The summed E-state index contributed by atoms with van der Waals surface area (Å²) in [5.41, 5.74) is 0.757. The van der Waals surface area contributed by atoms with Crippen LogP contribution in [0.5, 0.6) is 0 Å². The lowest BCUT2D eigenvalue weighted by atomic mass is 10.0. The van der Waals surface area contributed by atoms with Crippen molar-refractivity contribution in [1.82, 2.24) is 14.9 Å². The van der Waals surface area contributed by atoms with E-state index in [2.05, 4.69) is 17.2 Å². The Hall–Kier alpha value is -1.68. The van der Waals surface area contributed by atoms with E-state index >= 15 is 0 Å². The first-order valence-electron chi connectivity index (χ1n) is 6.74. The smallest absolute Gasteiger partial charge is 0.127 e. The average Bonchev–Trinajstić information content (AvgIpc) is 2.93. The van der Waals surface area contributed by atoms with Crippen LogP contribution in [0.3, 0.4) is 0 Å². The van der Waals surface area contributed by atoms with E-state index in [-0.39, 0.29) is 11.9 Å². The Balaban J connectivity index is 1.81. The standard InChI is InChI=1S/C15H20FN3/c1-2-15(13-6-3-4-7-14(13)16)18-8-5-10-19-11-9-17-12-19/h3-4,6-7,9,11-12,15,18H,2,5,8,10H2,1H3. The second kappa shape index (κ2) is 7.04. The van der Waals surface area contributed by atoms with Crippen LogP contribution in [-0.2, 0) is 6.54 Å². The zero-order valence-corrected chi connectivity index (χ0v) is 11.2. The monoisotopic (exact) mass is 261 g/mol. The maximum absolute atomic E-state index is 13.7. The first-order valence-corrected chi connectivity index (χ1v) is 6.74. The van der Waals surface area contributed by atoms with Gasteiger partial charge < -0.3 is 9.88 Å². The molecule has 0 bridgehead atoms. The number of halogens is 1. The Labute approximate surface area is 113 Å². The highest BCUT2D eigenvalue weighted by molar-refractivity contribution is 5.20. The molecule has 2 rings (SSSR count). The van der Waals surface area contributed by atoms with Crippen molar-refractivity contribution < 1.29 is 4.39 Å². The third kappa shape index (κ3) is 3.89. The predicted octanol–water partition coefficient (Wildman–Crippen LogP) is 3.15. The van der Waals surface area contributed by atoms with Gasteiger partial charge in [-0.2, -0.15) is 0 Å². The van der Waals surface area contributed by atoms with E-state index in [1.807, 2.05) is 29.2 Å². The lowest BCUT2D eigenvalue weighted by Crippen LogP contribution is -2.23. The molecular weight excluding hydrogens is 241 g/mol. The van der Waals surface area contributed by atoms with Gasteiger partial charge in [-0.15, -0.1) is 0 Å². The van der Waals surface area contributed by atoms with E-state index < -0.39 is 0 Å². The summed E-state index contributed by atoms with van der Waals surface area (Å²) < 4.78 is 15.8. The Morgan fingerprint density at radius 1 is 1.37 bits per heavy atom. The summed E-state index contributed by atoms with van der Waals surface area (Å²) >= 11 is 0. The molecule has 0 saturated heterocycles. The molecule has 1 aromatic heterocycles. The molecule has 4 heteroatoms. The van der Waals surface area contributed by atoms with Gasteiger partial charge in [-0.05, 0) is 25.5 Å². The SMILES string of the molecule is CCC(NCCCn1ccnc1)c1ccccc1F. The molecule has 0 aliphatic carbocycles. The van der Waals surface area contributed by atoms with Gasteiger partial charge in [0.25, 0.3) is 0 Å². The van der Waals surface area contributed by atoms with Crippen LogP contribution in [0, 0.1) is 5.82 Å². The summed E-state index contributed by atoms with van der Waals surface area (Å²) in [6.07, 6.45) is 7.43. The lowest BCUT2D eigenvalue weighted by molar-refractivity contribution is 0.470. The Kier molecular flexibility index (Phi) is 5.10. The van der Waals surface area contributed by atoms with Crippen molar-refractivity contribution in [2.45, 2.75) is 32.4 Å². The number of aromatic nitrogens is 2. The number of aryl methyl sites for hydroxylation is 1. The summed E-state index contributed by atoms with van der Waals surface area (Å²) in [5, 5.41) is 3.42. The topological polar surface area (TPSA) is 29.9 Å². The number of rotatable bonds is 7. The molecule has 0 aliphatic rings. The second-order valence-electron chi connectivity index (χ2n) is 4.59. The van der Waals surface area contributed by atoms with Crippen molar-refractivity contribution in [3.05, 3.63) is 54.4 Å². The summed E-state index contributed by atoms with van der Waals surface area (Å²) in [4.78, 5) is 4.00. The lowest BCUT2D eigenvalue weighted by Gasteiger charge is -2.18. The van der Waals surface area contributed by atoms with Gasteiger partial charge in [-0.25, -0.2) is 9.37 Å². The van der Waals surface area contributed by atoms with Crippen molar-refractivity contribution in [3.8, 4) is 0 Å². The van der Waals surface area contributed by atoms with Gasteiger partial charge in [0.1, 0.15) is 5.82 Å². The molecular formula is C15H20FN3. The van der Waals surface area contributed by atoms with Crippen molar-refractivity contribution in [3.63, 3.8) is 0 Å². The van der Waals surface area contributed by atoms with Gasteiger partial charge in [0.05, 0.1) is 6.33 Å². The number of benzene rings is 1. The largest absolute Gasteiger partial charge is 0.337 e. The Bertz CT molecular complexity index is 482. The molecule has 0 saturated carbocycles. The summed E-state index contributed by atoms with van der Waals surface area (Å²) in [6, 6.07) is 7.07. The fraction of sp³-hybridized carbons (Fsp3) is 0.400. The van der Waals surface area contributed by atoms with E-state index in [1.54, 1.807) is 12.3 Å². The van der Waals surface area contributed by atoms with Crippen LogP contribution in [0.15, 0.2) is 43.0 Å². The first-order chi connectivity index (χ1) is 9.31. The third-order valence-electron chi connectivity index (χ3n) is 3.23. The van der Waals surface area contributed by atoms with Crippen LogP contribution < -0.4 is 5.32 Å². The minimum Gasteiger partial charge on any atom is -0.337 e. The zero-order valence-electron chi connectivity index (χ0n) is 11.2.